The highest BCUT2D eigenvalue weighted by molar-refractivity contribution is 6.35. The van der Waals surface area contributed by atoms with Crippen molar-refractivity contribution >= 4 is 58.5 Å². The zero-order valence-electron chi connectivity index (χ0n) is 17.3. The lowest BCUT2D eigenvalue weighted by molar-refractivity contribution is -0.113. The van der Waals surface area contributed by atoms with Gasteiger partial charge in [0.15, 0.2) is 11.5 Å². The van der Waals surface area contributed by atoms with Gasteiger partial charge < -0.3 is 14.8 Å². The standard InChI is InChI=1S/C24H17Cl3N2O4/c1-32-22-11-14(2-9-21(22)33-13-15-3-4-17(26)12-19(15)27)10-20-23(30)29(24(31)28-20)18-7-5-16(25)6-8-18/h2-12H,13H2,1H3,(H,28,31)/b20-10+. The van der Waals surface area contributed by atoms with E-state index in [-0.39, 0.29) is 12.3 Å². The Morgan fingerprint density at radius 3 is 2.33 bits per heavy atom. The number of urea groups is 1. The number of imide groups is 1. The van der Waals surface area contributed by atoms with E-state index in [1.54, 1.807) is 66.7 Å². The highest BCUT2D eigenvalue weighted by Crippen LogP contribution is 2.31. The van der Waals surface area contributed by atoms with Crippen LogP contribution in [-0.4, -0.2) is 19.0 Å². The van der Waals surface area contributed by atoms with Crippen molar-refractivity contribution in [1.82, 2.24) is 5.32 Å². The molecule has 0 unspecified atom stereocenters. The fraction of sp³-hybridized carbons (Fsp3) is 0.0833. The van der Waals surface area contributed by atoms with Gasteiger partial charge in [0.1, 0.15) is 12.3 Å². The molecule has 0 atom stereocenters. The average Bonchev–Trinajstić information content (AvgIpc) is 3.07. The Balaban J connectivity index is 1.53. The lowest BCUT2D eigenvalue weighted by Crippen LogP contribution is -2.30. The Kier molecular flexibility index (Phi) is 6.79. The molecule has 0 spiro atoms. The van der Waals surface area contributed by atoms with Gasteiger partial charge in [0.25, 0.3) is 5.91 Å². The van der Waals surface area contributed by atoms with E-state index >= 15 is 0 Å². The molecule has 1 saturated heterocycles. The van der Waals surface area contributed by atoms with Gasteiger partial charge in [0.05, 0.1) is 12.8 Å². The van der Waals surface area contributed by atoms with Crippen LogP contribution in [0.25, 0.3) is 6.08 Å². The maximum absolute atomic E-state index is 12.8. The van der Waals surface area contributed by atoms with Crippen LogP contribution in [0.1, 0.15) is 11.1 Å². The van der Waals surface area contributed by atoms with E-state index < -0.39 is 11.9 Å². The molecule has 0 bridgehead atoms. The summed E-state index contributed by atoms with van der Waals surface area (Å²) in [5.41, 5.74) is 1.98. The minimum Gasteiger partial charge on any atom is -0.493 e. The summed E-state index contributed by atoms with van der Waals surface area (Å²) >= 11 is 18.0. The van der Waals surface area contributed by atoms with E-state index in [2.05, 4.69) is 5.32 Å². The quantitative estimate of drug-likeness (QED) is 0.315. The highest BCUT2D eigenvalue weighted by atomic mass is 35.5. The van der Waals surface area contributed by atoms with Gasteiger partial charge in [-0.05, 0) is 60.2 Å². The monoisotopic (exact) mass is 502 g/mol. The van der Waals surface area contributed by atoms with Crippen molar-refractivity contribution in [2.24, 2.45) is 0 Å². The minimum absolute atomic E-state index is 0.138. The number of methoxy groups -OCH3 is 1. The Hall–Kier alpha value is -3.19. The van der Waals surface area contributed by atoms with Gasteiger partial charge in [-0.15, -0.1) is 0 Å². The van der Waals surface area contributed by atoms with Crippen molar-refractivity contribution in [3.8, 4) is 11.5 Å². The number of anilines is 1. The smallest absolute Gasteiger partial charge is 0.333 e. The maximum atomic E-state index is 12.8. The first kappa shape index (κ1) is 23.0. The lowest BCUT2D eigenvalue weighted by Gasteiger charge is -2.12. The van der Waals surface area contributed by atoms with Crippen LogP contribution < -0.4 is 19.7 Å². The summed E-state index contributed by atoms with van der Waals surface area (Å²) in [4.78, 5) is 26.2. The predicted octanol–water partition coefficient (Wildman–Crippen LogP) is 6.33. The number of hydrogen-bond donors (Lipinski definition) is 1. The van der Waals surface area contributed by atoms with Crippen molar-refractivity contribution in [3.05, 3.63) is 92.6 Å². The molecule has 1 aliphatic rings. The van der Waals surface area contributed by atoms with Gasteiger partial charge in [-0.25, -0.2) is 9.69 Å². The second kappa shape index (κ2) is 9.75. The van der Waals surface area contributed by atoms with E-state index in [0.717, 1.165) is 10.5 Å². The molecule has 4 rings (SSSR count). The minimum atomic E-state index is -0.541. The van der Waals surface area contributed by atoms with Gasteiger partial charge in [0.2, 0.25) is 0 Å². The van der Waals surface area contributed by atoms with Gasteiger partial charge in [0, 0.05) is 20.6 Å². The molecular weight excluding hydrogens is 487 g/mol. The second-order valence-corrected chi connectivity index (χ2v) is 8.32. The molecule has 1 aliphatic heterocycles. The number of hydrogen-bond acceptors (Lipinski definition) is 4. The second-order valence-electron chi connectivity index (χ2n) is 7.04. The normalized spacial score (nSPS) is 14.5. The molecule has 1 N–H and O–H groups in total. The number of benzene rings is 3. The van der Waals surface area contributed by atoms with Gasteiger partial charge in [-0.1, -0.05) is 46.9 Å². The molecule has 0 saturated carbocycles. The summed E-state index contributed by atoms with van der Waals surface area (Å²) in [7, 11) is 1.51. The Morgan fingerprint density at radius 1 is 0.909 bits per heavy atom. The SMILES string of the molecule is COc1cc(/C=C2/NC(=O)N(c3ccc(Cl)cc3)C2=O)ccc1OCc1ccc(Cl)cc1Cl. The third kappa shape index (κ3) is 5.09. The zero-order valence-corrected chi connectivity index (χ0v) is 19.5. The lowest BCUT2D eigenvalue weighted by atomic mass is 10.1. The fourth-order valence-electron chi connectivity index (χ4n) is 3.21. The molecule has 3 aromatic rings. The molecule has 6 nitrogen and oxygen atoms in total. The predicted molar refractivity (Wildman–Crippen MR) is 129 cm³/mol. The number of nitrogens with zero attached hydrogens (tertiary/aromatic N) is 1. The first-order chi connectivity index (χ1) is 15.9. The van der Waals surface area contributed by atoms with Crippen molar-refractivity contribution < 1.29 is 19.1 Å². The van der Waals surface area contributed by atoms with Crippen LogP contribution in [-0.2, 0) is 11.4 Å². The number of amides is 3. The first-order valence-electron chi connectivity index (χ1n) is 9.73. The molecule has 168 valence electrons. The van der Waals surface area contributed by atoms with Crippen LogP contribution in [0.15, 0.2) is 66.4 Å². The van der Waals surface area contributed by atoms with Crippen molar-refractivity contribution in [1.29, 1.82) is 0 Å². The Bertz CT molecular complexity index is 1260. The van der Waals surface area contributed by atoms with Crippen molar-refractivity contribution in [2.75, 3.05) is 12.0 Å². The van der Waals surface area contributed by atoms with Crippen LogP contribution in [0.5, 0.6) is 11.5 Å². The largest absolute Gasteiger partial charge is 0.493 e. The van der Waals surface area contributed by atoms with Crippen LogP contribution in [0, 0.1) is 0 Å². The third-order valence-corrected chi connectivity index (χ3v) is 5.70. The summed E-state index contributed by atoms with van der Waals surface area (Å²) in [5, 5.41) is 4.15. The summed E-state index contributed by atoms with van der Waals surface area (Å²) < 4.78 is 11.3. The summed E-state index contributed by atoms with van der Waals surface area (Å²) in [6, 6.07) is 16.2. The van der Waals surface area contributed by atoms with E-state index in [9.17, 15) is 9.59 Å². The molecule has 3 amide bonds. The van der Waals surface area contributed by atoms with Gasteiger partial charge in [-0.2, -0.15) is 0 Å². The number of nitrogens with one attached hydrogen (secondary N) is 1. The van der Waals surface area contributed by atoms with E-state index in [1.807, 2.05) is 0 Å². The molecule has 33 heavy (non-hydrogen) atoms. The number of ether oxygens (including phenoxy) is 2. The Morgan fingerprint density at radius 2 is 1.64 bits per heavy atom. The molecule has 0 aliphatic carbocycles. The zero-order chi connectivity index (χ0) is 23.5. The molecule has 9 heteroatoms. The Labute approximate surface area is 205 Å². The maximum Gasteiger partial charge on any atom is 0.333 e. The topological polar surface area (TPSA) is 67.9 Å². The van der Waals surface area contributed by atoms with E-state index in [1.165, 1.54) is 7.11 Å². The average molecular weight is 504 g/mol. The van der Waals surface area contributed by atoms with Crippen LogP contribution in [0.3, 0.4) is 0 Å². The molecule has 1 fully saturated rings. The number of halogens is 3. The first-order valence-corrected chi connectivity index (χ1v) is 10.9. The van der Waals surface area contributed by atoms with Crippen molar-refractivity contribution in [2.45, 2.75) is 6.61 Å². The molecule has 0 aromatic heterocycles. The number of carbonyl (C=O) groups is 2. The van der Waals surface area contributed by atoms with Crippen LogP contribution in [0.2, 0.25) is 15.1 Å². The number of rotatable bonds is 6. The molecular formula is C24H17Cl3N2O4. The molecule has 1 heterocycles. The molecule has 3 aromatic carbocycles. The van der Waals surface area contributed by atoms with E-state index in [4.69, 9.17) is 44.3 Å². The summed E-state index contributed by atoms with van der Waals surface area (Å²) in [6.45, 7) is 0.220. The van der Waals surface area contributed by atoms with Gasteiger partial charge >= 0.3 is 6.03 Å². The number of carbonyl (C=O) groups excluding carboxylic acids is 2. The van der Waals surface area contributed by atoms with Gasteiger partial charge in [-0.3, -0.25) is 4.79 Å². The fourth-order valence-corrected chi connectivity index (χ4v) is 3.80. The van der Waals surface area contributed by atoms with Crippen LogP contribution in [0.4, 0.5) is 10.5 Å². The highest BCUT2D eigenvalue weighted by Gasteiger charge is 2.34. The van der Waals surface area contributed by atoms with Crippen LogP contribution >= 0.6 is 34.8 Å². The summed E-state index contributed by atoms with van der Waals surface area (Å²) in [6.07, 6.45) is 1.57. The van der Waals surface area contributed by atoms with Crippen molar-refractivity contribution in [3.63, 3.8) is 0 Å². The third-order valence-electron chi connectivity index (χ3n) is 4.86. The summed E-state index contributed by atoms with van der Waals surface area (Å²) in [5.74, 6) is 0.481. The van der Waals surface area contributed by atoms with E-state index in [0.29, 0.717) is 37.8 Å². The molecule has 0 radical (unpaired) electrons.